The molecule has 7 aromatic rings. The number of aromatic nitrogens is 6. The van der Waals surface area contributed by atoms with Gasteiger partial charge in [0.2, 0.25) is 20.0 Å². The largest absolute Gasteiger partial charge is 0.384 e. The number of methoxy groups -OCH3 is 2. The van der Waals surface area contributed by atoms with Gasteiger partial charge < -0.3 is 39.5 Å². The number of para-hydroxylation sites is 2. The Morgan fingerprint density at radius 1 is 0.600 bits per heavy atom. The molecule has 318 valence electrons. The Labute approximate surface area is 347 Å². The molecule has 18 nitrogen and oxygen atoms in total. The van der Waals surface area contributed by atoms with Crippen LogP contribution in [-0.2, 0) is 64.9 Å². The Kier molecular flexibility index (Phi) is 13.2. The van der Waals surface area contributed by atoms with E-state index in [4.69, 9.17) is 45.5 Å². The number of hydrogen-bond donors (Lipinski definition) is 3. The zero-order chi connectivity index (χ0) is 42.4. The Bertz CT molecular complexity index is 2730. The third kappa shape index (κ3) is 9.05. The fourth-order valence-electron chi connectivity index (χ4n) is 7.22. The van der Waals surface area contributed by atoms with Crippen molar-refractivity contribution in [1.82, 2.24) is 33.4 Å². The number of fused-ring (bicyclic) bond motifs is 6. The Balaban J connectivity index is 1.07. The van der Waals surface area contributed by atoms with E-state index in [0.29, 0.717) is 61.8 Å². The standard InChI is InChI=1S/C40H48N10O8S2/c1-55-20-14-33-46-35-37(29-10-3-5-12-31(29)44-39(35)41)49(33)18-24-57-22-16-48(60(53,54)28-9-7-8-27(26-28)59(43,51)52)17-23-58-25-19-50-34(15-21-56-2)47-36-38(50)30-11-4-6-13-32(30)45-40(36)42/h3-13,26H,14-25H2,1-2H3,(H2,41,44)(H2,42,45)(H2,43,51,52). The number of sulfonamides is 2. The van der Waals surface area contributed by atoms with Crippen LogP contribution >= 0.6 is 0 Å². The fourth-order valence-corrected chi connectivity index (χ4v) is 9.31. The van der Waals surface area contributed by atoms with E-state index in [2.05, 4.69) is 9.97 Å². The van der Waals surface area contributed by atoms with Crippen LogP contribution in [0.3, 0.4) is 0 Å². The molecule has 60 heavy (non-hydrogen) atoms. The maximum Gasteiger partial charge on any atom is 0.243 e. The van der Waals surface area contributed by atoms with Gasteiger partial charge in [-0.05, 0) is 30.3 Å². The summed E-state index contributed by atoms with van der Waals surface area (Å²) >= 11 is 0. The van der Waals surface area contributed by atoms with E-state index in [1.54, 1.807) is 14.2 Å². The number of anilines is 2. The van der Waals surface area contributed by atoms with Gasteiger partial charge in [-0.3, -0.25) is 0 Å². The molecule has 6 N–H and O–H groups in total. The summed E-state index contributed by atoms with van der Waals surface area (Å²) in [6, 6.07) is 20.3. The molecule has 0 unspecified atom stereocenters. The average molecular weight is 861 g/mol. The monoisotopic (exact) mass is 860 g/mol. The normalized spacial score (nSPS) is 12.5. The van der Waals surface area contributed by atoms with Gasteiger partial charge >= 0.3 is 0 Å². The van der Waals surface area contributed by atoms with Crippen LogP contribution in [0.1, 0.15) is 11.6 Å². The highest BCUT2D eigenvalue weighted by Gasteiger charge is 2.26. The van der Waals surface area contributed by atoms with Crippen LogP contribution in [0.2, 0.25) is 0 Å². The number of pyridine rings is 2. The van der Waals surface area contributed by atoms with Crippen LogP contribution in [0.15, 0.2) is 82.6 Å². The SMILES string of the molecule is COCCc1nc2c(N)nc3ccccc3c2n1CCOCCN(CCOCCn1c(CCOC)nc2c(N)nc3ccccc3c21)S(=O)(=O)c1cccc(S(N)(=O)=O)c1. The first-order chi connectivity index (χ1) is 28.9. The average Bonchev–Trinajstić information content (AvgIpc) is 3.80. The number of nitrogens with two attached hydrogens (primary N) is 3. The predicted molar refractivity (Wildman–Crippen MR) is 228 cm³/mol. The summed E-state index contributed by atoms with van der Waals surface area (Å²) in [6.07, 6.45) is 1.05. The van der Waals surface area contributed by atoms with E-state index in [9.17, 15) is 16.8 Å². The smallest absolute Gasteiger partial charge is 0.243 e. The lowest BCUT2D eigenvalue weighted by molar-refractivity contribution is 0.0934. The van der Waals surface area contributed by atoms with Gasteiger partial charge in [-0.1, -0.05) is 42.5 Å². The highest BCUT2D eigenvalue weighted by Crippen LogP contribution is 2.30. The third-order valence-corrected chi connectivity index (χ3v) is 12.9. The fraction of sp³-hybridized carbons (Fsp3) is 0.350. The maximum atomic E-state index is 14.1. The first-order valence-corrected chi connectivity index (χ1v) is 22.2. The number of nitrogens with zero attached hydrogens (tertiary/aromatic N) is 7. The number of hydrogen-bond acceptors (Lipinski definition) is 14. The molecular formula is C40H48N10O8S2. The minimum absolute atomic E-state index is 0.0189. The van der Waals surface area contributed by atoms with Crippen LogP contribution in [0.5, 0.6) is 0 Å². The zero-order valence-electron chi connectivity index (χ0n) is 33.4. The molecular weight excluding hydrogens is 813 g/mol. The van der Waals surface area contributed by atoms with E-state index in [0.717, 1.165) is 50.6 Å². The molecule has 0 fully saturated rings. The summed E-state index contributed by atoms with van der Waals surface area (Å²) in [5, 5.41) is 7.13. The lowest BCUT2D eigenvalue weighted by Crippen LogP contribution is -2.37. The minimum atomic E-state index is -4.24. The summed E-state index contributed by atoms with van der Waals surface area (Å²) in [4.78, 5) is 18.1. The van der Waals surface area contributed by atoms with Crippen molar-refractivity contribution in [3.63, 3.8) is 0 Å². The molecule has 0 saturated heterocycles. The summed E-state index contributed by atoms with van der Waals surface area (Å²) in [5.41, 5.74) is 17.0. The molecule has 7 rings (SSSR count). The van der Waals surface area contributed by atoms with Gasteiger partial charge in [0.15, 0.2) is 11.6 Å². The molecule has 0 aliphatic carbocycles. The summed E-state index contributed by atoms with van der Waals surface area (Å²) in [7, 11) is -5.17. The highest BCUT2D eigenvalue weighted by molar-refractivity contribution is 7.90. The zero-order valence-corrected chi connectivity index (χ0v) is 35.0. The maximum absolute atomic E-state index is 14.1. The molecule has 0 amide bonds. The van der Waals surface area contributed by atoms with E-state index in [1.165, 1.54) is 22.5 Å². The highest BCUT2D eigenvalue weighted by atomic mass is 32.2. The third-order valence-electron chi connectivity index (χ3n) is 10.1. The van der Waals surface area contributed by atoms with Crippen molar-refractivity contribution in [1.29, 1.82) is 0 Å². The summed E-state index contributed by atoms with van der Waals surface area (Å²) in [6.45, 7) is 2.01. The van der Waals surface area contributed by atoms with Crippen molar-refractivity contribution >= 4 is 75.6 Å². The van der Waals surface area contributed by atoms with Crippen molar-refractivity contribution in [2.45, 2.75) is 35.7 Å². The van der Waals surface area contributed by atoms with Crippen molar-refractivity contribution in [3.05, 3.63) is 84.4 Å². The molecule has 4 heterocycles. The number of ether oxygens (including phenoxy) is 4. The van der Waals surface area contributed by atoms with Gasteiger partial charge in [0, 0.05) is 64.0 Å². The minimum Gasteiger partial charge on any atom is -0.384 e. The van der Waals surface area contributed by atoms with Gasteiger partial charge in [0.1, 0.15) is 22.7 Å². The van der Waals surface area contributed by atoms with Crippen LogP contribution in [0.4, 0.5) is 11.6 Å². The molecule has 3 aromatic carbocycles. The van der Waals surface area contributed by atoms with Crippen molar-refractivity contribution < 1.29 is 35.8 Å². The number of primary sulfonamides is 1. The molecule has 0 aliphatic heterocycles. The van der Waals surface area contributed by atoms with Crippen molar-refractivity contribution in [2.75, 3.05) is 78.4 Å². The molecule has 0 bridgehead atoms. The molecule has 0 aliphatic rings. The molecule has 0 radical (unpaired) electrons. The topological polar surface area (TPSA) is 248 Å². The first kappa shape index (κ1) is 42.8. The first-order valence-electron chi connectivity index (χ1n) is 19.3. The molecule has 4 aromatic heterocycles. The summed E-state index contributed by atoms with van der Waals surface area (Å²) in [5.74, 6) is 2.13. The van der Waals surface area contributed by atoms with E-state index < -0.39 is 20.0 Å². The van der Waals surface area contributed by atoms with Crippen LogP contribution in [0, 0.1) is 0 Å². The lowest BCUT2D eigenvalue weighted by Gasteiger charge is -2.23. The van der Waals surface area contributed by atoms with E-state index >= 15 is 0 Å². The quantitative estimate of drug-likeness (QED) is 0.0880. The van der Waals surface area contributed by atoms with Gasteiger partial charge in [0.05, 0.1) is 71.5 Å². The Hall–Kier alpha value is -5.32. The van der Waals surface area contributed by atoms with Crippen LogP contribution in [-0.4, -0.2) is 117 Å². The molecule has 0 saturated carbocycles. The number of nitrogen functional groups attached to an aromatic ring is 2. The molecule has 0 atom stereocenters. The molecule has 0 spiro atoms. The van der Waals surface area contributed by atoms with Gasteiger partial charge in [-0.15, -0.1) is 0 Å². The summed E-state index contributed by atoms with van der Waals surface area (Å²) < 4.78 is 80.6. The van der Waals surface area contributed by atoms with Crippen LogP contribution < -0.4 is 16.6 Å². The number of imidazole rings is 2. The van der Waals surface area contributed by atoms with Crippen molar-refractivity contribution in [3.8, 4) is 0 Å². The lowest BCUT2D eigenvalue weighted by atomic mass is 10.2. The number of benzene rings is 3. The van der Waals surface area contributed by atoms with Gasteiger partial charge in [-0.25, -0.2) is 41.9 Å². The number of rotatable bonds is 21. The molecule has 20 heteroatoms. The van der Waals surface area contributed by atoms with Crippen LogP contribution in [0.25, 0.3) is 43.9 Å². The van der Waals surface area contributed by atoms with Gasteiger partial charge in [-0.2, -0.15) is 4.31 Å². The second kappa shape index (κ2) is 18.5. The second-order valence-electron chi connectivity index (χ2n) is 13.9. The van der Waals surface area contributed by atoms with E-state index in [1.807, 2.05) is 57.7 Å². The predicted octanol–water partition coefficient (Wildman–Crippen LogP) is 3.10. The second-order valence-corrected chi connectivity index (χ2v) is 17.4. The van der Waals surface area contributed by atoms with E-state index in [-0.39, 0.29) is 49.3 Å². The van der Waals surface area contributed by atoms with Crippen molar-refractivity contribution in [2.24, 2.45) is 5.14 Å². The Morgan fingerprint density at radius 2 is 1.07 bits per heavy atom. The Morgan fingerprint density at radius 3 is 1.53 bits per heavy atom. The van der Waals surface area contributed by atoms with Gasteiger partial charge in [0.25, 0.3) is 0 Å².